The van der Waals surface area contributed by atoms with Crippen LogP contribution in [0, 0.1) is 11.3 Å². The smallest absolute Gasteiger partial charge is 0.280 e. The highest BCUT2D eigenvalue weighted by Gasteiger charge is 2.15. The van der Waals surface area contributed by atoms with E-state index in [1.165, 1.54) is 0 Å². The molecule has 6 heteroatoms. The summed E-state index contributed by atoms with van der Waals surface area (Å²) >= 11 is 5.50. The molecule has 0 atom stereocenters. The quantitative estimate of drug-likeness (QED) is 0.713. The highest BCUT2D eigenvalue weighted by Crippen LogP contribution is 2.24. The van der Waals surface area contributed by atoms with E-state index in [2.05, 4.69) is 4.98 Å². The maximum absolute atomic E-state index is 12.2. The van der Waals surface area contributed by atoms with Crippen molar-refractivity contribution < 1.29 is 13.6 Å². The zero-order valence-electron chi connectivity index (χ0n) is 6.67. The first kappa shape index (κ1) is 10.5. The SMILES string of the molecule is N#Cc1c(Cl)cc(C(F)F)nc1C=O. The van der Waals surface area contributed by atoms with Crippen molar-refractivity contribution in [1.82, 2.24) is 4.98 Å². The van der Waals surface area contributed by atoms with Gasteiger partial charge in [0.1, 0.15) is 17.5 Å². The minimum atomic E-state index is -2.82. The van der Waals surface area contributed by atoms with Crippen LogP contribution in [-0.4, -0.2) is 11.3 Å². The Bertz CT molecular complexity index is 415. The average Bonchev–Trinajstić information content (AvgIpc) is 2.16. The van der Waals surface area contributed by atoms with Crippen molar-refractivity contribution >= 4 is 17.9 Å². The second kappa shape index (κ2) is 4.11. The van der Waals surface area contributed by atoms with Crippen LogP contribution in [0.3, 0.4) is 0 Å². The van der Waals surface area contributed by atoms with Crippen LogP contribution in [0.2, 0.25) is 5.02 Å². The molecule has 72 valence electrons. The molecule has 0 aliphatic rings. The van der Waals surface area contributed by atoms with Crippen molar-refractivity contribution in [2.24, 2.45) is 0 Å². The van der Waals surface area contributed by atoms with E-state index >= 15 is 0 Å². The number of carbonyl (C=O) groups excluding carboxylic acids is 1. The molecule has 1 aromatic rings. The van der Waals surface area contributed by atoms with Crippen molar-refractivity contribution in [3.63, 3.8) is 0 Å². The van der Waals surface area contributed by atoms with Gasteiger partial charge in [0, 0.05) is 0 Å². The molecule has 0 saturated carbocycles. The molecular weight excluding hydrogens is 214 g/mol. The molecular formula is C8H3ClF2N2O. The van der Waals surface area contributed by atoms with Gasteiger partial charge in [-0.15, -0.1) is 0 Å². The molecule has 1 heterocycles. The van der Waals surface area contributed by atoms with Crippen LogP contribution in [0.5, 0.6) is 0 Å². The third kappa shape index (κ3) is 1.86. The monoisotopic (exact) mass is 216 g/mol. The molecule has 0 bridgehead atoms. The second-order valence-electron chi connectivity index (χ2n) is 2.32. The van der Waals surface area contributed by atoms with Gasteiger partial charge in [-0.05, 0) is 6.07 Å². The van der Waals surface area contributed by atoms with Crippen molar-refractivity contribution in [3.8, 4) is 6.07 Å². The fraction of sp³-hybridized carbons (Fsp3) is 0.125. The molecule has 0 fully saturated rings. The zero-order chi connectivity index (χ0) is 10.7. The minimum Gasteiger partial charge on any atom is -0.296 e. The molecule has 0 aromatic carbocycles. The third-order valence-corrected chi connectivity index (χ3v) is 1.76. The lowest BCUT2D eigenvalue weighted by Crippen LogP contribution is -1.99. The van der Waals surface area contributed by atoms with Crippen LogP contribution in [0.15, 0.2) is 6.07 Å². The number of nitrogens with zero attached hydrogens (tertiary/aromatic N) is 2. The predicted molar refractivity (Wildman–Crippen MR) is 44.3 cm³/mol. The van der Waals surface area contributed by atoms with E-state index in [-0.39, 0.29) is 22.6 Å². The van der Waals surface area contributed by atoms with Gasteiger partial charge in [-0.2, -0.15) is 5.26 Å². The van der Waals surface area contributed by atoms with Gasteiger partial charge in [-0.3, -0.25) is 4.79 Å². The van der Waals surface area contributed by atoms with E-state index in [9.17, 15) is 13.6 Å². The fourth-order valence-corrected chi connectivity index (χ4v) is 1.11. The normalized spacial score (nSPS) is 9.93. The van der Waals surface area contributed by atoms with E-state index in [1.54, 1.807) is 6.07 Å². The number of hydrogen-bond donors (Lipinski definition) is 0. The van der Waals surface area contributed by atoms with Gasteiger partial charge in [0.05, 0.1) is 10.6 Å². The van der Waals surface area contributed by atoms with Crippen LogP contribution < -0.4 is 0 Å². The number of hydrogen-bond acceptors (Lipinski definition) is 3. The van der Waals surface area contributed by atoms with E-state index in [0.29, 0.717) is 0 Å². The Kier molecular flexibility index (Phi) is 3.10. The van der Waals surface area contributed by atoms with Crippen LogP contribution in [0.4, 0.5) is 8.78 Å². The van der Waals surface area contributed by atoms with E-state index < -0.39 is 12.1 Å². The summed E-state index contributed by atoms with van der Waals surface area (Å²) in [6.45, 7) is 0. The highest BCUT2D eigenvalue weighted by molar-refractivity contribution is 6.32. The third-order valence-electron chi connectivity index (χ3n) is 1.47. The first-order chi connectivity index (χ1) is 6.60. The van der Waals surface area contributed by atoms with Crippen LogP contribution in [0.25, 0.3) is 0 Å². The van der Waals surface area contributed by atoms with Crippen LogP contribution in [-0.2, 0) is 0 Å². The van der Waals surface area contributed by atoms with Gasteiger partial charge in [-0.1, -0.05) is 11.6 Å². The molecule has 0 amide bonds. The summed E-state index contributed by atoms with van der Waals surface area (Å²) in [7, 11) is 0. The number of carbonyl (C=O) groups is 1. The largest absolute Gasteiger partial charge is 0.296 e. The second-order valence-corrected chi connectivity index (χ2v) is 2.73. The Morgan fingerprint density at radius 3 is 2.71 bits per heavy atom. The molecule has 0 aliphatic carbocycles. The van der Waals surface area contributed by atoms with Gasteiger partial charge in [0.15, 0.2) is 6.29 Å². The molecule has 0 spiro atoms. The molecule has 0 radical (unpaired) electrons. The summed E-state index contributed by atoms with van der Waals surface area (Å²) in [5, 5.41) is 8.34. The van der Waals surface area contributed by atoms with Gasteiger partial charge in [0.25, 0.3) is 6.43 Å². The van der Waals surface area contributed by atoms with Crippen LogP contribution >= 0.6 is 11.6 Å². The number of alkyl halides is 2. The summed E-state index contributed by atoms with van der Waals surface area (Å²) in [6, 6.07) is 2.48. The van der Waals surface area contributed by atoms with E-state index in [0.717, 1.165) is 6.07 Å². The Morgan fingerprint density at radius 1 is 1.64 bits per heavy atom. The lowest BCUT2D eigenvalue weighted by molar-refractivity contribution is 0.111. The lowest BCUT2D eigenvalue weighted by Gasteiger charge is -2.02. The molecule has 1 aromatic heterocycles. The Labute approximate surface area is 82.9 Å². The first-order valence-corrected chi connectivity index (χ1v) is 3.81. The van der Waals surface area contributed by atoms with Crippen molar-refractivity contribution in [1.29, 1.82) is 5.26 Å². The summed E-state index contributed by atoms with van der Waals surface area (Å²) < 4.78 is 24.4. The topological polar surface area (TPSA) is 53.8 Å². The lowest BCUT2D eigenvalue weighted by atomic mass is 10.2. The molecule has 0 unspecified atom stereocenters. The van der Waals surface area contributed by atoms with Gasteiger partial charge in [-0.25, -0.2) is 13.8 Å². The molecule has 14 heavy (non-hydrogen) atoms. The molecule has 0 aliphatic heterocycles. The van der Waals surface area contributed by atoms with Crippen molar-refractivity contribution in [2.45, 2.75) is 6.43 Å². The molecule has 3 nitrogen and oxygen atoms in total. The first-order valence-electron chi connectivity index (χ1n) is 3.44. The Hall–Kier alpha value is -1.54. The number of halogens is 3. The van der Waals surface area contributed by atoms with E-state index in [1.807, 2.05) is 0 Å². The molecule has 0 saturated heterocycles. The summed E-state index contributed by atoms with van der Waals surface area (Å²) in [4.78, 5) is 13.7. The minimum absolute atomic E-state index is 0.189. The maximum atomic E-state index is 12.2. The van der Waals surface area contributed by atoms with Gasteiger partial charge >= 0.3 is 0 Å². The van der Waals surface area contributed by atoms with Crippen molar-refractivity contribution in [3.05, 3.63) is 28.0 Å². The number of aromatic nitrogens is 1. The average molecular weight is 217 g/mol. The molecule has 0 N–H and O–H groups in total. The Morgan fingerprint density at radius 2 is 2.29 bits per heavy atom. The van der Waals surface area contributed by atoms with Gasteiger partial charge in [0.2, 0.25) is 0 Å². The zero-order valence-corrected chi connectivity index (χ0v) is 7.42. The summed E-state index contributed by atoms with van der Waals surface area (Å²) in [5.74, 6) is 0. The fourth-order valence-electron chi connectivity index (χ4n) is 0.859. The predicted octanol–water partition coefficient (Wildman–Crippen LogP) is 2.36. The number of rotatable bonds is 2. The highest BCUT2D eigenvalue weighted by atomic mass is 35.5. The number of nitriles is 1. The van der Waals surface area contributed by atoms with E-state index in [4.69, 9.17) is 16.9 Å². The van der Waals surface area contributed by atoms with Crippen molar-refractivity contribution in [2.75, 3.05) is 0 Å². The number of pyridine rings is 1. The summed E-state index contributed by atoms with van der Waals surface area (Å²) in [6.07, 6.45) is -2.60. The van der Waals surface area contributed by atoms with Crippen LogP contribution in [0.1, 0.15) is 28.2 Å². The summed E-state index contributed by atoms with van der Waals surface area (Å²) in [5.41, 5.74) is -1.17. The number of aldehydes is 1. The maximum Gasteiger partial charge on any atom is 0.280 e. The Balaban J connectivity index is 3.40. The molecule has 1 rings (SSSR count). The standard InChI is InChI=1S/C8H3ClF2N2O/c9-5-1-6(8(10)11)13-7(3-14)4(5)2-12/h1,3,8H. The van der Waals surface area contributed by atoms with Gasteiger partial charge < -0.3 is 0 Å².